The van der Waals surface area contributed by atoms with Crippen molar-refractivity contribution in [3.05, 3.63) is 60.2 Å². The molecule has 158 valence electrons. The summed E-state index contributed by atoms with van der Waals surface area (Å²) in [5.41, 5.74) is 3.42. The van der Waals surface area contributed by atoms with Crippen LogP contribution in [0.2, 0.25) is 0 Å². The molecular weight excluding hydrogens is 396 g/mol. The molecule has 0 amide bonds. The van der Waals surface area contributed by atoms with Gasteiger partial charge in [0, 0.05) is 34.2 Å². The molecule has 6 heteroatoms. The highest BCUT2D eigenvalue weighted by molar-refractivity contribution is 6.10. The molecule has 0 aliphatic rings. The molecule has 0 N–H and O–H groups in total. The normalized spacial score (nSPS) is 10.7. The fraction of sp³-hybridized carbons (Fsp3) is 0.160. The Balaban J connectivity index is 2.08. The first-order valence-corrected chi connectivity index (χ1v) is 9.59. The van der Waals surface area contributed by atoms with Gasteiger partial charge in [0.1, 0.15) is 34.3 Å². The molecule has 4 rings (SSSR count). The Morgan fingerprint density at radius 1 is 0.677 bits per heavy atom. The highest BCUT2D eigenvalue weighted by Gasteiger charge is 2.22. The van der Waals surface area contributed by atoms with E-state index in [0.717, 1.165) is 28.7 Å². The fourth-order valence-electron chi connectivity index (χ4n) is 3.62. The highest BCUT2D eigenvalue weighted by Crippen LogP contribution is 2.45. The van der Waals surface area contributed by atoms with Gasteiger partial charge in [0.15, 0.2) is 6.29 Å². The highest BCUT2D eigenvalue weighted by atomic mass is 16.5. The minimum absolute atomic E-state index is 0.467. The molecule has 0 unspecified atom stereocenters. The second-order valence-corrected chi connectivity index (χ2v) is 6.84. The third kappa shape index (κ3) is 3.68. The molecule has 0 atom stereocenters. The van der Waals surface area contributed by atoms with Gasteiger partial charge in [-0.05, 0) is 48.0 Å². The van der Waals surface area contributed by atoms with Gasteiger partial charge in [0.05, 0.1) is 28.4 Å². The number of ether oxygens (including phenoxy) is 4. The molecule has 0 saturated heterocycles. The van der Waals surface area contributed by atoms with E-state index >= 15 is 0 Å². The number of methoxy groups -OCH3 is 4. The SMILES string of the molecule is COc1ccc(-c2oc3cc(OC)cc(C=O)c3c2-c2cc(OC)cc(OC)c2)cc1. The number of carbonyl (C=O) groups excluding carboxylic acids is 1. The summed E-state index contributed by atoms with van der Waals surface area (Å²) in [5, 5.41) is 0.692. The van der Waals surface area contributed by atoms with Crippen LogP contribution in [0.1, 0.15) is 10.4 Å². The Labute approximate surface area is 179 Å². The number of hydrogen-bond acceptors (Lipinski definition) is 6. The van der Waals surface area contributed by atoms with E-state index in [1.54, 1.807) is 46.6 Å². The Morgan fingerprint density at radius 2 is 1.26 bits per heavy atom. The molecule has 3 aromatic carbocycles. The monoisotopic (exact) mass is 418 g/mol. The van der Waals surface area contributed by atoms with Crippen LogP contribution in [0, 0.1) is 0 Å². The van der Waals surface area contributed by atoms with Crippen LogP contribution in [0.25, 0.3) is 33.4 Å². The average molecular weight is 418 g/mol. The van der Waals surface area contributed by atoms with Crippen LogP contribution >= 0.6 is 0 Å². The zero-order valence-electron chi connectivity index (χ0n) is 17.7. The Bertz CT molecular complexity index is 1220. The van der Waals surface area contributed by atoms with E-state index in [1.807, 2.05) is 36.4 Å². The van der Waals surface area contributed by atoms with Crippen LogP contribution in [-0.2, 0) is 0 Å². The summed E-state index contributed by atoms with van der Waals surface area (Å²) >= 11 is 0. The molecule has 0 radical (unpaired) electrons. The minimum atomic E-state index is 0.467. The number of aldehydes is 1. The van der Waals surface area contributed by atoms with Crippen LogP contribution < -0.4 is 18.9 Å². The lowest BCUT2D eigenvalue weighted by Crippen LogP contribution is -1.91. The van der Waals surface area contributed by atoms with E-state index in [2.05, 4.69) is 0 Å². The Morgan fingerprint density at radius 3 is 1.81 bits per heavy atom. The van der Waals surface area contributed by atoms with Crippen LogP contribution in [0.3, 0.4) is 0 Å². The zero-order valence-corrected chi connectivity index (χ0v) is 17.7. The van der Waals surface area contributed by atoms with Gasteiger partial charge < -0.3 is 23.4 Å². The molecule has 31 heavy (non-hydrogen) atoms. The molecular formula is C25H22O6. The van der Waals surface area contributed by atoms with Gasteiger partial charge in [0.25, 0.3) is 0 Å². The first-order valence-electron chi connectivity index (χ1n) is 9.59. The average Bonchev–Trinajstić information content (AvgIpc) is 3.22. The van der Waals surface area contributed by atoms with E-state index in [-0.39, 0.29) is 0 Å². The number of furan rings is 1. The fourth-order valence-corrected chi connectivity index (χ4v) is 3.62. The van der Waals surface area contributed by atoms with Crippen molar-refractivity contribution in [2.24, 2.45) is 0 Å². The maximum Gasteiger partial charge on any atom is 0.150 e. The van der Waals surface area contributed by atoms with Crippen molar-refractivity contribution in [2.75, 3.05) is 28.4 Å². The molecule has 0 bridgehead atoms. The Hall–Kier alpha value is -3.93. The first kappa shape index (κ1) is 20.3. The number of fused-ring (bicyclic) bond motifs is 1. The van der Waals surface area contributed by atoms with Crippen molar-refractivity contribution < 1.29 is 28.2 Å². The van der Waals surface area contributed by atoms with Crippen molar-refractivity contribution in [2.45, 2.75) is 0 Å². The number of carbonyl (C=O) groups is 1. The summed E-state index contributed by atoms with van der Waals surface area (Å²) in [7, 11) is 6.36. The van der Waals surface area contributed by atoms with Gasteiger partial charge in [-0.2, -0.15) is 0 Å². The van der Waals surface area contributed by atoms with Gasteiger partial charge >= 0.3 is 0 Å². The number of rotatable bonds is 7. The van der Waals surface area contributed by atoms with Crippen molar-refractivity contribution in [1.82, 2.24) is 0 Å². The molecule has 4 aromatic rings. The first-order chi connectivity index (χ1) is 15.1. The number of hydrogen-bond donors (Lipinski definition) is 0. The van der Waals surface area contributed by atoms with Gasteiger partial charge in [0.2, 0.25) is 0 Å². The third-order valence-corrected chi connectivity index (χ3v) is 5.15. The summed E-state index contributed by atoms with van der Waals surface area (Å²) < 4.78 is 27.8. The third-order valence-electron chi connectivity index (χ3n) is 5.15. The zero-order chi connectivity index (χ0) is 22.0. The molecule has 0 aliphatic heterocycles. The van der Waals surface area contributed by atoms with Crippen LogP contribution in [-0.4, -0.2) is 34.7 Å². The van der Waals surface area contributed by atoms with E-state index < -0.39 is 0 Å². The topological polar surface area (TPSA) is 67.1 Å². The lowest BCUT2D eigenvalue weighted by Gasteiger charge is -2.10. The van der Waals surface area contributed by atoms with Gasteiger partial charge in [-0.25, -0.2) is 0 Å². The molecule has 1 aromatic heterocycles. The second kappa shape index (κ2) is 8.44. The van der Waals surface area contributed by atoms with Crippen molar-refractivity contribution >= 4 is 17.3 Å². The summed E-state index contributed by atoms with van der Waals surface area (Å²) in [6, 6.07) is 16.6. The van der Waals surface area contributed by atoms with Crippen LogP contribution in [0.4, 0.5) is 0 Å². The van der Waals surface area contributed by atoms with Gasteiger partial charge in [-0.1, -0.05) is 0 Å². The molecule has 1 heterocycles. The summed E-state index contributed by atoms with van der Waals surface area (Å²) in [5.74, 6) is 3.15. The predicted molar refractivity (Wildman–Crippen MR) is 119 cm³/mol. The summed E-state index contributed by atoms with van der Waals surface area (Å²) in [6.07, 6.45) is 0.805. The van der Waals surface area contributed by atoms with Crippen LogP contribution in [0.5, 0.6) is 23.0 Å². The molecule has 0 saturated carbocycles. The molecule has 0 spiro atoms. The van der Waals surface area contributed by atoms with E-state index in [4.69, 9.17) is 23.4 Å². The Kier molecular flexibility index (Phi) is 5.54. The van der Waals surface area contributed by atoms with E-state index in [9.17, 15) is 4.79 Å². The van der Waals surface area contributed by atoms with E-state index in [1.165, 1.54) is 0 Å². The molecule has 6 nitrogen and oxygen atoms in total. The van der Waals surface area contributed by atoms with Gasteiger partial charge in [-0.3, -0.25) is 4.79 Å². The summed E-state index contributed by atoms with van der Waals surface area (Å²) in [6.45, 7) is 0. The maximum absolute atomic E-state index is 12.0. The maximum atomic E-state index is 12.0. The standard InChI is InChI=1S/C25H22O6/c1-27-18-7-5-15(6-8-18)25-24(16-9-19(28-2)12-20(10-16)29-3)23-17(14-26)11-21(30-4)13-22(23)31-25/h5-14H,1-4H3. The smallest absolute Gasteiger partial charge is 0.150 e. The molecule has 0 aliphatic carbocycles. The van der Waals surface area contributed by atoms with Crippen molar-refractivity contribution in [3.8, 4) is 45.4 Å². The van der Waals surface area contributed by atoms with Crippen molar-refractivity contribution in [3.63, 3.8) is 0 Å². The molecule has 0 fully saturated rings. The minimum Gasteiger partial charge on any atom is -0.497 e. The van der Waals surface area contributed by atoms with Gasteiger partial charge in [-0.15, -0.1) is 0 Å². The van der Waals surface area contributed by atoms with Crippen molar-refractivity contribution in [1.29, 1.82) is 0 Å². The predicted octanol–water partition coefficient (Wildman–Crippen LogP) is 5.61. The second-order valence-electron chi connectivity index (χ2n) is 6.84. The number of benzene rings is 3. The largest absolute Gasteiger partial charge is 0.497 e. The lowest BCUT2D eigenvalue weighted by atomic mass is 9.95. The quantitative estimate of drug-likeness (QED) is 0.363. The lowest BCUT2D eigenvalue weighted by molar-refractivity contribution is 0.112. The summed E-state index contributed by atoms with van der Waals surface area (Å²) in [4.78, 5) is 12.0. The van der Waals surface area contributed by atoms with E-state index in [0.29, 0.717) is 39.5 Å². The van der Waals surface area contributed by atoms with Crippen LogP contribution in [0.15, 0.2) is 59.0 Å².